The average molecular weight is 276 g/mol. The van der Waals surface area contributed by atoms with Crippen LogP contribution in [0.1, 0.15) is 18.9 Å². The van der Waals surface area contributed by atoms with Gasteiger partial charge in [0.05, 0.1) is 12.1 Å². The smallest absolute Gasteiger partial charge is 0.253 e. The molecule has 0 aromatic heterocycles. The van der Waals surface area contributed by atoms with Gasteiger partial charge < -0.3 is 15.8 Å². The van der Waals surface area contributed by atoms with Crippen LogP contribution >= 0.6 is 0 Å². The Bertz CT molecular complexity index is 563. The molecule has 1 aliphatic heterocycles. The number of ether oxygens (including phenoxy) is 1. The highest BCUT2D eigenvalue weighted by Crippen LogP contribution is 2.22. The number of amides is 1. The quantitative estimate of drug-likeness (QED) is 0.805. The summed E-state index contributed by atoms with van der Waals surface area (Å²) in [7, 11) is 0. The number of anilines is 1. The van der Waals surface area contributed by atoms with Crippen LogP contribution in [0.3, 0.4) is 0 Å². The lowest BCUT2D eigenvalue weighted by atomic mass is 10.0. The second-order valence-corrected chi connectivity index (χ2v) is 4.75. The second kappa shape index (κ2) is 6.51. The van der Waals surface area contributed by atoms with Crippen LogP contribution in [0.25, 0.3) is 0 Å². The first kappa shape index (κ1) is 14.5. The molecule has 0 saturated carbocycles. The van der Waals surface area contributed by atoms with Gasteiger partial charge in [-0.15, -0.1) is 0 Å². The van der Waals surface area contributed by atoms with E-state index in [0.29, 0.717) is 12.3 Å². The lowest BCUT2D eigenvalue weighted by Crippen LogP contribution is -2.31. The van der Waals surface area contributed by atoms with Crippen LogP contribution in [-0.2, 0) is 9.53 Å². The summed E-state index contributed by atoms with van der Waals surface area (Å²) in [5, 5.41) is 2.66. The number of carbonyl (C=O) groups is 1. The Morgan fingerprint density at radius 2 is 2.40 bits per heavy atom. The first-order chi connectivity index (χ1) is 9.61. The van der Waals surface area contributed by atoms with Crippen molar-refractivity contribution in [3.05, 3.63) is 29.6 Å². The van der Waals surface area contributed by atoms with E-state index in [4.69, 9.17) is 10.5 Å². The summed E-state index contributed by atoms with van der Waals surface area (Å²) in [5.74, 6) is 4.67. The number of halogens is 1. The van der Waals surface area contributed by atoms with Crippen molar-refractivity contribution < 1.29 is 13.9 Å². The van der Waals surface area contributed by atoms with E-state index in [1.54, 1.807) is 6.07 Å². The van der Waals surface area contributed by atoms with Crippen LogP contribution in [-0.4, -0.2) is 25.2 Å². The molecule has 20 heavy (non-hydrogen) atoms. The summed E-state index contributed by atoms with van der Waals surface area (Å²) in [4.78, 5) is 12.0. The molecule has 4 nitrogen and oxygen atoms in total. The van der Waals surface area contributed by atoms with Crippen molar-refractivity contribution >= 4 is 11.6 Å². The molecule has 0 spiro atoms. The van der Waals surface area contributed by atoms with E-state index in [1.165, 1.54) is 12.1 Å². The number of rotatable bonds is 2. The Morgan fingerprint density at radius 3 is 3.00 bits per heavy atom. The molecule has 5 heteroatoms. The first-order valence-electron chi connectivity index (χ1n) is 6.52. The zero-order valence-electron chi connectivity index (χ0n) is 11.3. The second-order valence-electron chi connectivity index (χ2n) is 4.75. The highest BCUT2D eigenvalue weighted by Gasteiger charge is 2.30. The van der Waals surface area contributed by atoms with Gasteiger partial charge in [-0.3, -0.25) is 4.79 Å². The van der Waals surface area contributed by atoms with Crippen LogP contribution in [0.4, 0.5) is 10.1 Å². The van der Waals surface area contributed by atoms with Crippen LogP contribution in [0.2, 0.25) is 0 Å². The lowest BCUT2D eigenvalue weighted by molar-refractivity contribution is -0.126. The summed E-state index contributed by atoms with van der Waals surface area (Å²) in [6.45, 7) is 2.72. The van der Waals surface area contributed by atoms with Crippen LogP contribution in [0.15, 0.2) is 18.2 Å². The van der Waals surface area contributed by atoms with Gasteiger partial charge in [0.1, 0.15) is 11.9 Å². The maximum atomic E-state index is 13.8. The van der Waals surface area contributed by atoms with E-state index in [0.717, 1.165) is 6.42 Å². The van der Waals surface area contributed by atoms with Gasteiger partial charge in [0.2, 0.25) is 0 Å². The maximum absolute atomic E-state index is 13.8. The molecule has 0 bridgehead atoms. The van der Waals surface area contributed by atoms with Gasteiger partial charge in [0.25, 0.3) is 5.91 Å². The van der Waals surface area contributed by atoms with Crippen molar-refractivity contribution in [1.82, 2.24) is 0 Å². The van der Waals surface area contributed by atoms with Crippen molar-refractivity contribution in [2.75, 3.05) is 18.5 Å². The van der Waals surface area contributed by atoms with Gasteiger partial charge in [0.15, 0.2) is 0 Å². The first-order valence-corrected chi connectivity index (χ1v) is 6.52. The molecule has 2 atom stereocenters. The maximum Gasteiger partial charge on any atom is 0.253 e. The molecule has 0 radical (unpaired) electrons. The Kier molecular flexibility index (Phi) is 4.72. The standard InChI is InChI=1S/C15H17FN2O2/c1-10-6-8-20-14(10)15(19)18-12-5-4-11(3-2-7-17)13(16)9-12/h4-5,9-10,14H,6-8,17H2,1H3,(H,18,19). The third kappa shape index (κ3) is 3.35. The monoisotopic (exact) mass is 276 g/mol. The van der Waals surface area contributed by atoms with Crippen molar-refractivity contribution in [2.45, 2.75) is 19.4 Å². The molecule has 106 valence electrons. The SMILES string of the molecule is CC1CCOC1C(=O)Nc1ccc(C#CCN)c(F)c1. The van der Waals surface area contributed by atoms with Crippen LogP contribution in [0.5, 0.6) is 0 Å². The molecule has 1 aliphatic rings. The van der Waals surface area contributed by atoms with Crippen molar-refractivity contribution in [3.63, 3.8) is 0 Å². The van der Waals surface area contributed by atoms with Crippen LogP contribution < -0.4 is 11.1 Å². The largest absolute Gasteiger partial charge is 0.368 e. The lowest BCUT2D eigenvalue weighted by Gasteiger charge is -2.14. The molecule has 2 unspecified atom stereocenters. The normalized spacial score (nSPS) is 21.1. The molecule has 2 rings (SSSR count). The van der Waals surface area contributed by atoms with Gasteiger partial charge in [-0.05, 0) is 30.5 Å². The molecule has 1 amide bonds. The Labute approximate surface area is 117 Å². The third-order valence-electron chi connectivity index (χ3n) is 3.21. The summed E-state index contributed by atoms with van der Waals surface area (Å²) in [6.07, 6.45) is 0.398. The summed E-state index contributed by atoms with van der Waals surface area (Å²) >= 11 is 0. The molecule has 3 N–H and O–H groups in total. The minimum Gasteiger partial charge on any atom is -0.368 e. The number of hydrogen-bond acceptors (Lipinski definition) is 3. The van der Waals surface area contributed by atoms with E-state index in [2.05, 4.69) is 17.2 Å². The van der Waals surface area contributed by atoms with Gasteiger partial charge in [0, 0.05) is 12.3 Å². The summed E-state index contributed by atoms with van der Waals surface area (Å²) in [5.41, 5.74) is 5.90. The molecule has 1 aromatic rings. The van der Waals surface area contributed by atoms with Gasteiger partial charge in [-0.1, -0.05) is 18.8 Å². The Hall–Kier alpha value is -1.90. The topological polar surface area (TPSA) is 64.3 Å². The van der Waals surface area contributed by atoms with E-state index in [-0.39, 0.29) is 23.9 Å². The number of carbonyl (C=O) groups excluding carboxylic acids is 1. The molecule has 1 fully saturated rings. The molecule has 1 aromatic carbocycles. The predicted octanol–water partition coefficient (Wildman–Crippen LogP) is 1.50. The highest BCUT2D eigenvalue weighted by atomic mass is 19.1. The van der Waals surface area contributed by atoms with Gasteiger partial charge in [-0.2, -0.15) is 0 Å². The molecule has 1 saturated heterocycles. The Morgan fingerprint density at radius 1 is 1.60 bits per heavy atom. The molecular weight excluding hydrogens is 259 g/mol. The van der Waals surface area contributed by atoms with E-state index in [9.17, 15) is 9.18 Å². The van der Waals surface area contributed by atoms with E-state index in [1.807, 2.05) is 6.92 Å². The number of nitrogens with one attached hydrogen (secondary N) is 1. The predicted molar refractivity (Wildman–Crippen MR) is 74.5 cm³/mol. The number of hydrogen-bond donors (Lipinski definition) is 2. The third-order valence-corrected chi connectivity index (χ3v) is 3.21. The molecular formula is C15H17FN2O2. The van der Waals surface area contributed by atoms with Crippen LogP contribution in [0, 0.1) is 23.6 Å². The van der Waals surface area contributed by atoms with Crippen molar-refractivity contribution in [1.29, 1.82) is 0 Å². The Balaban J connectivity index is 2.06. The van der Waals surface area contributed by atoms with Crippen molar-refractivity contribution in [3.8, 4) is 11.8 Å². The highest BCUT2D eigenvalue weighted by molar-refractivity contribution is 5.94. The number of nitrogens with two attached hydrogens (primary N) is 1. The molecule has 0 aliphatic carbocycles. The summed E-state index contributed by atoms with van der Waals surface area (Å²) < 4.78 is 19.1. The van der Waals surface area contributed by atoms with E-state index < -0.39 is 11.9 Å². The average Bonchev–Trinajstić information content (AvgIpc) is 2.84. The molecule has 1 heterocycles. The van der Waals surface area contributed by atoms with Crippen molar-refractivity contribution in [2.24, 2.45) is 11.7 Å². The van der Waals surface area contributed by atoms with E-state index >= 15 is 0 Å². The fourth-order valence-corrected chi connectivity index (χ4v) is 2.08. The zero-order chi connectivity index (χ0) is 14.5. The fraction of sp³-hybridized carbons (Fsp3) is 0.400. The van der Waals surface area contributed by atoms with Gasteiger partial charge >= 0.3 is 0 Å². The summed E-state index contributed by atoms with van der Waals surface area (Å²) in [6, 6.07) is 4.38. The zero-order valence-corrected chi connectivity index (χ0v) is 11.3. The minimum absolute atomic E-state index is 0.175. The number of benzene rings is 1. The fourth-order valence-electron chi connectivity index (χ4n) is 2.08. The minimum atomic E-state index is -0.482. The van der Waals surface area contributed by atoms with Gasteiger partial charge in [-0.25, -0.2) is 4.39 Å².